The van der Waals surface area contributed by atoms with Crippen LogP contribution < -0.4 is 20.5 Å². The van der Waals surface area contributed by atoms with Gasteiger partial charge in [0.2, 0.25) is 0 Å². The molecule has 1 fully saturated rings. The van der Waals surface area contributed by atoms with Gasteiger partial charge >= 0.3 is 0 Å². The van der Waals surface area contributed by atoms with Crippen LogP contribution in [0.5, 0.6) is 5.75 Å². The van der Waals surface area contributed by atoms with Crippen molar-refractivity contribution in [1.29, 1.82) is 0 Å². The highest BCUT2D eigenvalue weighted by Gasteiger charge is 2.32. The maximum Gasteiger partial charge on any atom is 0.262 e. The number of benzene rings is 2. The number of nitrogens with two attached hydrogens (primary N) is 1. The lowest BCUT2D eigenvalue weighted by Gasteiger charge is -2.31. The molecule has 4 rings (SSSR count). The van der Waals surface area contributed by atoms with E-state index in [4.69, 9.17) is 20.3 Å². The molecule has 1 aliphatic rings. The summed E-state index contributed by atoms with van der Waals surface area (Å²) in [5.74, 6) is -1.35. The van der Waals surface area contributed by atoms with Gasteiger partial charge in [-0.1, -0.05) is 12.6 Å². The molecule has 0 unspecified atom stereocenters. The SMILES string of the molecule is C=C(c1c(/C(N)=N\C)c(-c2cc(F)c(NS(=O)(=O)c3cccc(OC)c3)cc2F)nn1C(C)C)[C@H]1CC[C@H](NCCOC)CC1. The molecule has 1 saturated carbocycles. The second-order valence-electron chi connectivity index (χ2n) is 11.3. The lowest BCUT2D eigenvalue weighted by Crippen LogP contribution is -2.35. The van der Waals surface area contributed by atoms with Crippen LogP contribution in [0.1, 0.15) is 56.8 Å². The number of rotatable bonds is 13. The normalized spacial score (nSPS) is 17.5. The van der Waals surface area contributed by atoms with E-state index in [1.165, 1.54) is 32.4 Å². The Balaban J connectivity index is 1.71. The minimum Gasteiger partial charge on any atom is -0.497 e. The monoisotopic (exact) mass is 644 g/mol. The second kappa shape index (κ2) is 14.5. The quantitative estimate of drug-likeness (QED) is 0.130. The fourth-order valence-electron chi connectivity index (χ4n) is 5.64. The lowest BCUT2D eigenvalue weighted by atomic mass is 9.80. The van der Waals surface area contributed by atoms with E-state index in [1.54, 1.807) is 17.9 Å². The molecule has 13 heteroatoms. The van der Waals surface area contributed by atoms with E-state index in [0.29, 0.717) is 29.7 Å². The Labute approximate surface area is 263 Å². The first-order valence-corrected chi connectivity index (χ1v) is 16.3. The number of aromatic nitrogens is 2. The van der Waals surface area contributed by atoms with E-state index in [1.807, 2.05) is 13.8 Å². The lowest BCUT2D eigenvalue weighted by molar-refractivity contribution is 0.190. The molecule has 10 nitrogen and oxygen atoms in total. The second-order valence-corrected chi connectivity index (χ2v) is 13.0. The molecule has 0 atom stereocenters. The molecule has 0 amide bonds. The predicted molar refractivity (Wildman–Crippen MR) is 173 cm³/mol. The topological polar surface area (TPSA) is 133 Å². The Morgan fingerprint density at radius 1 is 1.16 bits per heavy atom. The molecule has 244 valence electrons. The number of hydrogen-bond acceptors (Lipinski definition) is 7. The Bertz CT molecular complexity index is 1660. The highest BCUT2D eigenvalue weighted by Crippen LogP contribution is 2.40. The number of aliphatic imine (C=N–C) groups is 1. The zero-order valence-electron chi connectivity index (χ0n) is 26.4. The van der Waals surface area contributed by atoms with Crippen molar-refractivity contribution in [1.82, 2.24) is 15.1 Å². The summed E-state index contributed by atoms with van der Waals surface area (Å²) in [6, 6.07) is 7.59. The van der Waals surface area contributed by atoms with E-state index < -0.39 is 27.3 Å². The van der Waals surface area contributed by atoms with Crippen LogP contribution in [0.25, 0.3) is 16.8 Å². The summed E-state index contributed by atoms with van der Waals surface area (Å²) in [6.45, 7) is 9.74. The van der Waals surface area contributed by atoms with Crippen molar-refractivity contribution in [2.24, 2.45) is 16.6 Å². The summed E-state index contributed by atoms with van der Waals surface area (Å²) in [6.07, 6.45) is 3.68. The molecule has 0 aliphatic heterocycles. The van der Waals surface area contributed by atoms with Gasteiger partial charge < -0.3 is 20.5 Å². The maximum atomic E-state index is 15.8. The molecule has 45 heavy (non-hydrogen) atoms. The number of nitrogens with one attached hydrogen (secondary N) is 2. The third-order valence-electron chi connectivity index (χ3n) is 8.07. The molecule has 0 bridgehead atoms. The smallest absolute Gasteiger partial charge is 0.262 e. The molecule has 0 saturated heterocycles. The molecule has 1 aromatic heterocycles. The summed E-state index contributed by atoms with van der Waals surface area (Å²) in [5.41, 5.74) is 7.56. The maximum absolute atomic E-state index is 15.8. The van der Waals surface area contributed by atoms with Crippen LogP contribution in [0.3, 0.4) is 0 Å². The van der Waals surface area contributed by atoms with Gasteiger partial charge in [0.05, 0.1) is 35.6 Å². The standard InChI is InChI=1S/C32H42F2N6O4S/c1-19(2)40-31(20(3)21-10-12-22(13-11-21)37-14-15-43-5)29(32(35)36-4)30(38-40)25-17-27(34)28(18-26(25)33)39-45(41,42)24-9-7-8-23(16-24)44-6/h7-9,16-19,21-22,37,39H,3,10-15H2,1-2,4-6H3,(H2,35,36)/t21-,22-. The van der Waals surface area contributed by atoms with Crippen molar-refractivity contribution in [2.75, 3.05) is 39.1 Å². The van der Waals surface area contributed by atoms with Crippen LogP contribution in [0.2, 0.25) is 0 Å². The number of ether oxygens (including phenoxy) is 2. The van der Waals surface area contributed by atoms with Gasteiger partial charge in [-0.05, 0) is 69.2 Å². The molecule has 1 heterocycles. The van der Waals surface area contributed by atoms with Gasteiger partial charge in [-0.3, -0.25) is 14.4 Å². The average Bonchev–Trinajstić information content (AvgIpc) is 3.43. The number of hydrogen-bond donors (Lipinski definition) is 3. The summed E-state index contributed by atoms with van der Waals surface area (Å²) < 4.78 is 71.4. The Morgan fingerprint density at radius 2 is 1.87 bits per heavy atom. The Morgan fingerprint density at radius 3 is 2.49 bits per heavy atom. The summed E-state index contributed by atoms with van der Waals surface area (Å²) >= 11 is 0. The van der Waals surface area contributed by atoms with E-state index in [2.05, 4.69) is 21.6 Å². The predicted octanol–water partition coefficient (Wildman–Crippen LogP) is 5.36. The summed E-state index contributed by atoms with van der Waals surface area (Å²) in [5, 5.41) is 8.24. The number of sulfonamides is 1. The van der Waals surface area contributed by atoms with Crippen molar-refractivity contribution in [3.8, 4) is 17.0 Å². The van der Waals surface area contributed by atoms with Gasteiger partial charge in [-0.15, -0.1) is 0 Å². The van der Waals surface area contributed by atoms with Gasteiger partial charge in [-0.25, -0.2) is 17.2 Å². The molecule has 0 radical (unpaired) electrons. The zero-order chi connectivity index (χ0) is 32.9. The molecule has 1 aliphatic carbocycles. The number of amidine groups is 1. The minimum atomic E-state index is -4.25. The highest BCUT2D eigenvalue weighted by atomic mass is 32.2. The molecular formula is C32H42F2N6O4S. The number of allylic oxidation sites excluding steroid dienone is 1. The van der Waals surface area contributed by atoms with Crippen LogP contribution >= 0.6 is 0 Å². The molecular weight excluding hydrogens is 602 g/mol. The number of nitrogens with zero attached hydrogens (tertiary/aromatic N) is 3. The van der Waals surface area contributed by atoms with Crippen LogP contribution in [-0.4, -0.2) is 64.5 Å². The van der Waals surface area contributed by atoms with Crippen molar-refractivity contribution >= 4 is 27.1 Å². The Kier molecular flexibility index (Phi) is 11.0. The van der Waals surface area contributed by atoms with E-state index in [9.17, 15) is 8.42 Å². The van der Waals surface area contributed by atoms with Gasteiger partial charge in [0.25, 0.3) is 10.0 Å². The van der Waals surface area contributed by atoms with Crippen LogP contribution in [0.4, 0.5) is 14.5 Å². The Hall–Kier alpha value is -3.81. The van der Waals surface area contributed by atoms with Crippen LogP contribution in [0, 0.1) is 17.6 Å². The van der Waals surface area contributed by atoms with Crippen molar-refractivity contribution in [3.63, 3.8) is 0 Å². The van der Waals surface area contributed by atoms with E-state index in [-0.39, 0.29) is 33.9 Å². The van der Waals surface area contributed by atoms with Crippen LogP contribution in [-0.2, 0) is 14.8 Å². The number of anilines is 1. The first-order chi connectivity index (χ1) is 21.4. The number of halogens is 2. The summed E-state index contributed by atoms with van der Waals surface area (Å²) in [4.78, 5) is 4.02. The molecule has 2 aromatic carbocycles. The molecule has 3 aromatic rings. The van der Waals surface area contributed by atoms with E-state index >= 15 is 8.78 Å². The molecule has 4 N–H and O–H groups in total. The fourth-order valence-corrected chi connectivity index (χ4v) is 6.73. The largest absolute Gasteiger partial charge is 0.497 e. The highest BCUT2D eigenvalue weighted by molar-refractivity contribution is 7.92. The van der Waals surface area contributed by atoms with Gasteiger partial charge in [0.15, 0.2) is 0 Å². The van der Waals surface area contributed by atoms with Gasteiger partial charge in [-0.2, -0.15) is 5.10 Å². The first kappa shape index (κ1) is 34.1. The fraction of sp³-hybridized carbons (Fsp3) is 0.438. The first-order valence-electron chi connectivity index (χ1n) is 14.8. The number of methoxy groups -OCH3 is 2. The van der Waals surface area contributed by atoms with Crippen molar-refractivity contribution in [3.05, 3.63) is 65.9 Å². The average molecular weight is 645 g/mol. The summed E-state index contributed by atoms with van der Waals surface area (Å²) in [7, 11) is 0.335. The minimum absolute atomic E-state index is 0.0940. The van der Waals surface area contributed by atoms with Crippen molar-refractivity contribution < 1.29 is 26.7 Å². The van der Waals surface area contributed by atoms with Crippen molar-refractivity contribution in [2.45, 2.75) is 56.5 Å². The molecule has 0 spiro atoms. The van der Waals surface area contributed by atoms with Gasteiger partial charge in [0.1, 0.15) is 28.9 Å². The van der Waals surface area contributed by atoms with Crippen LogP contribution in [0.15, 0.2) is 52.9 Å². The van der Waals surface area contributed by atoms with E-state index in [0.717, 1.165) is 49.9 Å². The van der Waals surface area contributed by atoms with Gasteiger partial charge in [0, 0.05) is 50.5 Å². The third kappa shape index (κ3) is 7.54. The zero-order valence-corrected chi connectivity index (χ0v) is 27.2. The third-order valence-corrected chi connectivity index (χ3v) is 9.43.